The van der Waals surface area contributed by atoms with Gasteiger partial charge in [-0.1, -0.05) is 91.0 Å². The highest BCUT2D eigenvalue weighted by molar-refractivity contribution is 5.90. The average Bonchev–Trinajstić information content (AvgIpc) is 3.21. The zero-order valence-electron chi connectivity index (χ0n) is 18.9. The fourth-order valence-corrected chi connectivity index (χ4v) is 3.55. The zero-order chi connectivity index (χ0) is 24.5. The smallest absolute Gasteiger partial charge is 0.408 e. The summed E-state index contributed by atoms with van der Waals surface area (Å²) in [4.78, 5) is 37.8. The first-order valence-corrected chi connectivity index (χ1v) is 11.1. The molecule has 1 fully saturated rings. The second-order valence-electron chi connectivity index (χ2n) is 7.90. The van der Waals surface area contributed by atoms with Crippen molar-refractivity contribution in [3.05, 3.63) is 108 Å². The number of rotatable bonds is 9. The number of amides is 1. The Hall–Kier alpha value is -4.17. The third-order valence-corrected chi connectivity index (χ3v) is 5.35. The van der Waals surface area contributed by atoms with Gasteiger partial charge in [-0.25, -0.2) is 14.4 Å². The number of hydrogen-bond acceptors (Lipinski definition) is 7. The summed E-state index contributed by atoms with van der Waals surface area (Å²) < 4.78 is 21.8. The van der Waals surface area contributed by atoms with Crippen molar-refractivity contribution in [1.29, 1.82) is 0 Å². The predicted octanol–water partition coefficient (Wildman–Crippen LogP) is 3.54. The Morgan fingerprint density at radius 3 is 1.74 bits per heavy atom. The fourth-order valence-electron chi connectivity index (χ4n) is 3.55. The number of alkyl carbamates (subject to hydrolysis) is 1. The maximum absolute atomic E-state index is 12.8. The minimum absolute atomic E-state index is 0.0103. The van der Waals surface area contributed by atoms with Gasteiger partial charge in [0.25, 0.3) is 0 Å². The summed E-state index contributed by atoms with van der Waals surface area (Å²) in [6.07, 6.45) is -3.27. The maximum atomic E-state index is 12.8. The number of benzene rings is 3. The quantitative estimate of drug-likeness (QED) is 0.373. The van der Waals surface area contributed by atoms with Crippen LogP contribution in [0.4, 0.5) is 4.79 Å². The van der Waals surface area contributed by atoms with Crippen molar-refractivity contribution in [3.63, 3.8) is 0 Å². The molecule has 1 amide bonds. The Morgan fingerprint density at radius 1 is 0.714 bits per heavy atom. The lowest BCUT2D eigenvalue weighted by Crippen LogP contribution is -2.49. The lowest BCUT2D eigenvalue weighted by atomic mass is 10.1. The van der Waals surface area contributed by atoms with Gasteiger partial charge < -0.3 is 24.3 Å². The van der Waals surface area contributed by atoms with Gasteiger partial charge in [0.05, 0.1) is 6.61 Å². The summed E-state index contributed by atoms with van der Waals surface area (Å²) in [5, 5.41) is 2.48. The van der Waals surface area contributed by atoms with E-state index in [0.717, 1.165) is 16.7 Å². The number of carbonyl (C=O) groups excluding carboxylic acids is 3. The van der Waals surface area contributed by atoms with Crippen molar-refractivity contribution >= 4 is 18.0 Å². The maximum Gasteiger partial charge on any atom is 0.408 e. The minimum atomic E-state index is -1.34. The van der Waals surface area contributed by atoms with Crippen molar-refractivity contribution in [1.82, 2.24) is 5.32 Å². The van der Waals surface area contributed by atoms with Gasteiger partial charge in [0, 0.05) is 0 Å². The Labute approximate surface area is 202 Å². The van der Waals surface area contributed by atoms with E-state index in [1.165, 1.54) is 0 Å². The van der Waals surface area contributed by atoms with Crippen LogP contribution in [-0.2, 0) is 48.4 Å². The average molecular weight is 475 g/mol. The normalized spacial score (nSPS) is 19.0. The molecule has 0 unspecified atom stereocenters. The van der Waals surface area contributed by atoms with E-state index in [9.17, 15) is 14.4 Å². The third-order valence-electron chi connectivity index (χ3n) is 5.35. The number of carbonyl (C=O) groups is 3. The summed E-state index contributed by atoms with van der Waals surface area (Å²) >= 11 is 0. The standard InChI is InChI=1S/C27H25NO7/c29-25-22(28-27(31)34-18-21-14-8-3-9-15-21)23(32-16-19-10-4-1-5-11-19)24(35-25)26(30)33-17-20-12-6-2-7-13-20/h1-15,22-24H,16-18H2,(H,28,31)/t22-,23-,24-/m0/s1. The second-order valence-corrected chi connectivity index (χ2v) is 7.90. The summed E-state index contributed by atoms with van der Waals surface area (Å²) in [5.74, 6) is -1.57. The first kappa shape index (κ1) is 24.0. The Morgan fingerprint density at radius 2 is 1.20 bits per heavy atom. The van der Waals surface area contributed by atoms with E-state index in [4.69, 9.17) is 18.9 Å². The summed E-state index contributed by atoms with van der Waals surface area (Å²) in [7, 11) is 0. The molecule has 3 aromatic rings. The molecule has 180 valence electrons. The predicted molar refractivity (Wildman–Crippen MR) is 125 cm³/mol. The Balaban J connectivity index is 1.42. The van der Waals surface area contributed by atoms with Crippen LogP contribution >= 0.6 is 0 Å². The van der Waals surface area contributed by atoms with Gasteiger partial charge in [0.1, 0.15) is 19.3 Å². The molecule has 0 saturated carbocycles. The molecular weight excluding hydrogens is 450 g/mol. The van der Waals surface area contributed by atoms with Crippen molar-refractivity contribution in [2.75, 3.05) is 0 Å². The summed E-state index contributed by atoms with van der Waals surface area (Å²) in [5.41, 5.74) is 2.40. The highest BCUT2D eigenvalue weighted by atomic mass is 16.6. The number of cyclic esters (lactones) is 1. The molecule has 1 saturated heterocycles. The van der Waals surface area contributed by atoms with Gasteiger partial charge in [-0.2, -0.15) is 0 Å². The molecule has 0 aromatic heterocycles. The number of ether oxygens (including phenoxy) is 4. The molecule has 0 radical (unpaired) electrons. The van der Waals surface area contributed by atoms with Crippen LogP contribution in [0.5, 0.6) is 0 Å². The lowest BCUT2D eigenvalue weighted by Gasteiger charge is -2.21. The molecule has 35 heavy (non-hydrogen) atoms. The Bertz CT molecular complexity index is 1120. The van der Waals surface area contributed by atoms with Crippen molar-refractivity contribution < 1.29 is 33.3 Å². The van der Waals surface area contributed by atoms with E-state index < -0.39 is 36.3 Å². The van der Waals surface area contributed by atoms with Crippen LogP contribution in [0.15, 0.2) is 91.0 Å². The molecule has 8 nitrogen and oxygen atoms in total. The third kappa shape index (κ3) is 6.68. The van der Waals surface area contributed by atoms with Gasteiger partial charge >= 0.3 is 18.0 Å². The number of esters is 2. The molecule has 3 aromatic carbocycles. The molecule has 1 N–H and O–H groups in total. The van der Waals surface area contributed by atoms with Crippen LogP contribution in [-0.4, -0.2) is 36.3 Å². The van der Waals surface area contributed by atoms with E-state index in [1.54, 1.807) is 0 Å². The zero-order valence-corrected chi connectivity index (χ0v) is 18.9. The molecule has 0 aliphatic carbocycles. The van der Waals surface area contributed by atoms with Crippen molar-refractivity contribution in [3.8, 4) is 0 Å². The van der Waals surface area contributed by atoms with Crippen LogP contribution in [0.25, 0.3) is 0 Å². The van der Waals surface area contributed by atoms with Gasteiger partial charge in [0.2, 0.25) is 6.10 Å². The highest BCUT2D eigenvalue weighted by Gasteiger charge is 2.51. The molecule has 3 atom stereocenters. The van der Waals surface area contributed by atoms with E-state index in [1.807, 2.05) is 91.0 Å². The fraction of sp³-hybridized carbons (Fsp3) is 0.222. The summed E-state index contributed by atoms with van der Waals surface area (Å²) in [6, 6.07) is 26.2. The molecule has 1 aliphatic rings. The van der Waals surface area contributed by atoms with Gasteiger partial charge in [-0.3, -0.25) is 0 Å². The van der Waals surface area contributed by atoms with E-state index in [2.05, 4.69) is 5.32 Å². The summed E-state index contributed by atoms with van der Waals surface area (Å²) in [6.45, 7) is 0.130. The van der Waals surface area contributed by atoms with Crippen LogP contribution < -0.4 is 5.32 Å². The van der Waals surface area contributed by atoms with E-state index in [-0.39, 0.29) is 19.8 Å². The largest absolute Gasteiger partial charge is 0.458 e. The van der Waals surface area contributed by atoms with E-state index in [0.29, 0.717) is 0 Å². The Kier molecular flexibility index (Phi) is 8.08. The molecular formula is C27H25NO7. The van der Waals surface area contributed by atoms with Crippen molar-refractivity contribution in [2.45, 2.75) is 38.1 Å². The van der Waals surface area contributed by atoms with Crippen LogP contribution in [0.2, 0.25) is 0 Å². The second kappa shape index (κ2) is 11.8. The van der Waals surface area contributed by atoms with Gasteiger partial charge in [-0.05, 0) is 16.7 Å². The number of hydrogen-bond donors (Lipinski definition) is 1. The van der Waals surface area contributed by atoms with Crippen LogP contribution in [0, 0.1) is 0 Å². The molecule has 8 heteroatoms. The van der Waals surface area contributed by atoms with Crippen LogP contribution in [0.3, 0.4) is 0 Å². The van der Waals surface area contributed by atoms with Crippen molar-refractivity contribution in [2.24, 2.45) is 0 Å². The first-order chi connectivity index (χ1) is 17.1. The first-order valence-electron chi connectivity index (χ1n) is 11.1. The van der Waals surface area contributed by atoms with Crippen LogP contribution in [0.1, 0.15) is 16.7 Å². The van der Waals surface area contributed by atoms with Gasteiger partial charge in [-0.15, -0.1) is 0 Å². The van der Waals surface area contributed by atoms with E-state index >= 15 is 0 Å². The topological polar surface area (TPSA) is 100 Å². The SMILES string of the molecule is O=C(N[C@@H]1C(=O)O[C@H](C(=O)OCc2ccccc2)[C@H]1OCc1ccccc1)OCc1ccccc1. The molecule has 1 aliphatic heterocycles. The lowest BCUT2D eigenvalue weighted by molar-refractivity contribution is -0.167. The highest BCUT2D eigenvalue weighted by Crippen LogP contribution is 2.23. The monoisotopic (exact) mass is 475 g/mol. The number of nitrogens with one attached hydrogen (secondary N) is 1. The van der Waals surface area contributed by atoms with Gasteiger partial charge in [0.15, 0.2) is 6.04 Å². The molecule has 0 spiro atoms. The minimum Gasteiger partial charge on any atom is -0.458 e. The molecule has 4 rings (SSSR count). The molecule has 0 bridgehead atoms. The molecule has 1 heterocycles.